The number of halogens is 1. The van der Waals surface area contributed by atoms with Crippen LogP contribution in [0.4, 0.5) is 4.79 Å². The fourth-order valence-electron chi connectivity index (χ4n) is 1.97. The Balaban J connectivity index is 2.50. The summed E-state index contributed by atoms with van der Waals surface area (Å²) in [6.07, 6.45) is 0. The summed E-state index contributed by atoms with van der Waals surface area (Å²) in [6, 6.07) is 8.22. The Morgan fingerprint density at radius 2 is 2.05 bits per heavy atom. The van der Waals surface area contributed by atoms with E-state index in [-0.39, 0.29) is 5.88 Å². The summed E-state index contributed by atoms with van der Waals surface area (Å²) < 4.78 is 4.76. The average Bonchev–Trinajstić information content (AvgIpc) is 2.46. The SMILES string of the molecule is COC(=O)C1=C(CCl)NC(=O)NC1c1ccccc1. The Bertz CT molecular complexity index is 528. The Kier molecular flexibility index (Phi) is 4.06. The number of amides is 2. The fraction of sp³-hybridized carbons (Fsp3) is 0.231. The van der Waals surface area contributed by atoms with Crippen LogP contribution in [0.3, 0.4) is 0 Å². The van der Waals surface area contributed by atoms with Gasteiger partial charge in [-0.1, -0.05) is 30.3 Å². The lowest BCUT2D eigenvalue weighted by Crippen LogP contribution is -2.46. The van der Waals surface area contributed by atoms with E-state index in [1.54, 1.807) is 0 Å². The molecule has 1 unspecified atom stereocenters. The van der Waals surface area contributed by atoms with Crippen LogP contribution in [0.25, 0.3) is 0 Å². The Labute approximate surface area is 115 Å². The zero-order valence-corrected chi connectivity index (χ0v) is 11.0. The van der Waals surface area contributed by atoms with Crippen LogP contribution >= 0.6 is 11.6 Å². The van der Waals surface area contributed by atoms with Gasteiger partial charge in [0.25, 0.3) is 0 Å². The lowest BCUT2D eigenvalue weighted by molar-refractivity contribution is -0.136. The molecular weight excluding hydrogens is 268 g/mol. The molecule has 6 heteroatoms. The van der Waals surface area contributed by atoms with Gasteiger partial charge in [-0.05, 0) is 5.56 Å². The van der Waals surface area contributed by atoms with Gasteiger partial charge >= 0.3 is 12.0 Å². The lowest BCUT2D eigenvalue weighted by atomic mass is 9.96. The number of hydrogen-bond donors (Lipinski definition) is 2. The van der Waals surface area contributed by atoms with E-state index in [0.29, 0.717) is 11.3 Å². The molecule has 1 heterocycles. The van der Waals surface area contributed by atoms with Crippen LogP contribution in [0.2, 0.25) is 0 Å². The minimum absolute atomic E-state index is 0.0290. The standard InChI is InChI=1S/C13H13ClN2O3/c1-19-12(17)10-9(7-14)15-13(18)16-11(10)8-5-3-2-4-6-8/h2-6,11H,7H2,1H3,(H2,15,16,18). The van der Waals surface area contributed by atoms with E-state index in [0.717, 1.165) is 5.56 Å². The van der Waals surface area contributed by atoms with Crippen LogP contribution in [0.5, 0.6) is 0 Å². The van der Waals surface area contributed by atoms with Gasteiger partial charge in [0.1, 0.15) is 0 Å². The van der Waals surface area contributed by atoms with Gasteiger partial charge in [-0.2, -0.15) is 0 Å². The fourth-order valence-corrected chi connectivity index (χ4v) is 2.18. The van der Waals surface area contributed by atoms with E-state index in [2.05, 4.69) is 10.6 Å². The van der Waals surface area contributed by atoms with Gasteiger partial charge in [0.2, 0.25) is 0 Å². The van der Waals surface area contributed by atoms with E-state index in [4.69, 9.17) is 16.3 Å². The van der Waals surface area contributed by atoms with Gasteiger partial charge in [0.15, 0.2) is 0 Å². The van der Waals surface area contributed by atoms with Crippen molar-refractivity contribution in [3.63, 3.8) is 0 Å². The number of benzene rings is 1. The molecule has 19 heavy (non-hydrogen) atoms. The minimum atomic E-state index is -0.559. The average molecular weight is 281 g/mol. The van der Waals surface area contributed by atoms with Crippen LogP contribution in [0, 0.1) is 0 Å². The van der Waals surface area contributed by atoms with Crippen molar-refractivity contribution >= 4 is 23.6 Å². The molecule has 2 rings (SSSR count). The second kappa shape index (κ2) is 5.75. The lowest BCUT2D eigenvalue weighted by Gasteiger charge is -2.28. The molecule has 2 amide bonds. The molecule has 1 atom stereocenters. The van der Waals surface area contributed by atoms with Crippen molar-refractivity contribution in [2.45, 2.75) is 6.04 Å². The summed E-state index contributed by atoms with van der Waals surface area (Å²) in [4.78, 5) is 23.5. The maximum atomic E-state index is 11.9. The highest BCUT2D eigenvalue weighted by Gasteiger charge is 2.32. The molecule has 2 N–H and O–H groups in total. The highest BCUT2D eigenvalue weighted by molar-refractivity contribution is 6.20. The zero-order valence-electron chi connectivity index (χ0n) is 10.3. The third-order valence-electron chi connectivity index (χ3n) is 2.83. The van der Waals surface area contributed by atoms with Gasteiger partial charge in [-0.3, -0.25) is 0 Å². The number of carbonyl (C=O) groups excluding carboxylic acids is 2. The van der Waals surface area contributed by atoms with E-state index < -0.39 is 18.0 Å². The van der Waals surface area contributed by atoms with Crippen molar-refractivity contribution in [3.05, 3.63) is 47.2 Å². The number of hydrogen-bond acceptors (Lipinski definition) is 3. The Morgan fingerprint density at radius 3 is 2.63 bits per heavy atom. The van der Waals surface area contributed by atoms with Gasteiger partial charge in [0, 0.05) is 5.70 Å². The number of ether oxygens (including phenoxy) is 1. The Hall–Kier alpha value is -2.01. The van der Waals surface area contributed by atoms with E-state index in [1.807, 2.05) is 30.3 Å². The van der Waals surface area contributed by atoms with Gasteiger partial charge in [0.05, 0.1) is 24.6 Å². The van der Waals surface area contributed by atoms with E-state index >= 15 is 0 Å². The molecule has 100 valence electrons. The molecule has 0 spiro atoms. The van der Waals surface area contributed by atoms with Crippen molar-refractivity contribution in [1.82, 2.24) is 10.6 Å². The number of esters is 1. The second-order valence-electron chi connectivity index (χ2n) is 3.96. The molecule has 1 aliphatic rings. The molecule has 0 saturated heterocycles. The summed E-state index contributed by atoms with van der Waals surface area (Å²) in [5.41, 5.74) is 1.48. The van der Waals surface area contributed by atoms with Crippen molar-refractivity contribution in [1.29, 1.82) is 0 Å². The Morgan fingerprint density at radius 1 is 1.37 bits per heavy atom. The predicted octanol–water partition coefficient (Wildman–Crippen LogP) is 1.71. The molecule has 0 bridgehead atoms. The third-order valence-corrected chi connectivity index (χ3v) is 3.09. The highest BCUT2D eigenvalue weighted by Crippen LogP contribution is 2.27. The molecule has 5 nitrogen and oxygen atoms in total. The number of rotatable bonds is 3. The largest absolute Gasteiger partial charge is 0.466 e. The molecule has 1 aromatic carbocycles. The number of methoxy groups -OCH3 is 1. The number of allylic oxidation sites excluding steroid dienone is 1. The number of alkyl halides is 1. The molecule has 1 aromatic rings. The van der Waals surface area contributed by atoms with Gasteiger partial charge < -0.3 is 15.4 Å². The molecule has 0 aromatic heterocycles. The van der Waals surface area contributed by atoms with Crippen LogP contribution < -0.4 is 10.6 Å². The molecule has 1 aliphatic heterocycles. The maximum absolute atomic E-state index is 11.9. The first-order valence-electron chi connectivity index (χ1n) is 5.67. The number of carbonyl (C=O) groups is 2. The predicted molar refractivity (Wildman–Crippen MR) is 70.6 cm³/mol. The van der Waals surface area contributed by atoms with Crippen LogP contribution in [0.1, 0.15) is 11.6 Å². The summed E-state index contributed by atoms with van der Waals surface area (Å²) in [5.74, 6) is -0.488. The van der Waals surface area contributed by atoms with Crippen LogP contribution in [-0.2, 0) is 9.53 Å². The van der Waals surface area contributed by atoms with Crippen molar-refractivity contribution in [3.8, 4) is 0 Å². The summed E-state index contributed by atoms with van der Waals surface area (Å²) in [6.45, 7) is 0. The number of urea groups is 1. The first kappa shape index (κ1) is 13.4. The molecule has 0 fully saturated rings. The smallest absolute Gasteiger partial charge is 0.338 e. The quantitative estimate of drug-likeness (QED) is 0.654. The number of nitrogens with one attached hydrogen (secondary N) is 2. The van der Waals surface area contributed by atoms with Crippen LogP contribution in [-0.4, -0.2) is 25.0 Å². The zero-order chi connectivity index (χ0) is 13.8. The molecule has 0 aliphatic carbocycles. The monoisotopic (exact) mass is 280 g/mol. The molecular formula is C13H13ClN2O3. The normalized spacial score (nSPS) is 18.6. The van der Waals surface area contributed by atoms with Crippen molar-refractivity contribution < 1.29 is 14.3 Å². The van der Waals surface area contributed by atoms with Gasteiger partial charge in [-0.25, -0.2) is 9.59 Å². The van der Waals surface area contributed by atoms with Crippen molar-refractivity contribution in [2.24, 2.45) is 0 Å². The summed E-state index contributed by atoms with van der Waals surface area (Å²) in [5, 5.41) is 5.22. The van der Waals surface area contributed by atoms with Gasteiger partial charge in [-0.15, -0.1) is 11.6 Å². The maximum Gasteiger partial charge on any atom is 0.338 e. The minimum Gasteiger partial charge on any atom is -0.466 e. The van der Waals surface area contributed by atoms with Crippen LogP contribution in [0.15, 0.2) is 41.6 Å². The summed E-state index contributed by atoms with van der Waals surface area (Å²) in [7, 11) is 1.29. The second-order valence-corrected chi connectivity index (χ2v) is 4.23. The molecule has 0 saturated carbocycles. The van der Waals surface area contributed by atoms with E-state index in [9.17, 15) is 9.59 Å². The van der Waals surface area contributed by atoms with Crippen molar-refractivity contribution in [2.75, 3.05) is 13.0 Å². The highest BCUT2D eigenvalue weighted by atomic mass is 35.5. The third kappa shape index (κ3) is 2.71. The topological polar surface area (TPSA) is 67.4 Å². The molecule has 0 radical (unpaired) electrons. The first-order chi connectivity index (χ1) is 9.17. The summed E-state index contributed by atoms with van der Waals surface area (Å²) >= 11 is 5.79. The van der Waals surface area contributed by atoms with E-state index in [1.165, 1.54) is 7.11 Å². The first-order valence-corrected chi connectivity index (χ1v) is 6.20.